The number of ether oxygens (including phenoxy) is 1. The normalized spacial score (nSPS) is 7.53. The molecule has 92 valence electrons. The monoisotopic (exact) mass is 256 g/mol. The SMILES string of the molecule is CC(C)Oc1cccc(Cl)c1.N=C=O.N=C=O. The second kappa shape index (κ2) is 12.1. The summed E-state index contributed by atoms with van der Waals surface area (Å²) in [5.41, 5.74) is 0. The molecule has 0 saturated heterocycles. The third kappa shape index (κ3) is 14.1. The summed E-state index contributed by atoms with van der Waals surface area (Å²) in [6, 6.07) is 7.40. The molecule has 5 nitrogen and oxygen atoms in total. The summed E-state index contributed by atoms with van der Waals surface area (Å²) in [4.78, 5) is 16.7. The number of nitrogens with one attached hydrogen (secondary N) is 2. The summed E-state index contributed by atoms with van der Waals surface area (Å²) in [6.45, 7) is 3.97. The Morgan fingerprint density at radius 2 is 1.71 bits per heavy atom. The Hall–Kier alpha value is -1.93. The standard InChI is InChI=1S/C9H11ClO.2CHNO/c1-7(2)11-9-5-3-4-8(10)6-9;2*2-1-3/h3-7H,1-2H3;2*2H. The molecule has 6 heteroatoms. The van der Waals surface area contributed by atoms with Crippen LogP contribution in [0.3, 0.4) is 0 Å². The lowest BCUT2D eigenvalue weighted by Crippen LogP contribution is -2.04. The van der Waals surface area contributed by atoms with Crippen molar-refractivity contribution in [2.45, 2.75) is 20.0 Å². The summed E-state index contributed by atoms with van der Waals surface area (Å²) in [5, 5.41) is 11.5. The predicted molar refractivity (Wildman–Crippen MR) is 64.0 cm³/mol. The van der Waals surface area contributed by atoms with Crippen molar-refractivity contribution in [2.24, 2.45) is 0 Å². The van der Waals surface area contributed by atoms with Crippen LogP contribution in [0.5, 0.6) is 5.75 Å². The summed E-state index contributed by atoms with van der Waals surface area (Å²) in [7, 11) is 0. The molecule has 0 aliphatic carbocycles. The highest BCUT2D eigenvalue weighted by molar-refractivity contribution is 6.30. The molecule has 0 saturated carbocycles. The van der Waals surface area contributed by atoms with Gasteiger partial charge in [-0.3, -0.25) is 0 Å². The molecule has 17 heavy (non-hydrogen) atoms. The lowest BCUT2D eigenvalue weighted by molar-refractivity contribution is 0.242. The van der Waals surface area contributed by atoms with Crippen LogP contribution in [-0.4, -0.2) is 18.3 Å². The molecule has 0 amide bonds. The van der Waals surface area contributed by atoms with E-state index < -0.39 is 0 Å². The smallest absolute Gasteiger partial charge is 0.231 e. The van der Waals surface area contributed by atoms with Crippen LogP contribution in [0.25, 0.3) is 0 Å². The topological polar surface area (TPSA) is 91.1 Å². The minimum absolute atomic E-state index is 0.202. The van der Waals surface area contributed by atoms with Crippen LogP contribution in [0.15, 0.2) is 24.3 Å². The van der Waals surface area contributed by atoms with E-state index in [0.717, 1.165) is 17.9 Å². The van der Waals surface area contributed by atoms with E-state index in [9.17, 15) is 0 Å². The van der Waals surface area contributed by atoms with Crippen LogP contribution in [0.1, 0.15) is 13.8 Å². The van der Waals surface area contributed by atoms with Gasteiger partial charge >= 0.3 is 0 Å². The van der Waals surface area contributed by atoms with E-state index in [4.69, 9.17) is 36.7 Å². The second-order valence-electron chi connectivity index (χ2n) is 2.83. The Morgan fingerprint density at radius 1 is 1.24 bits per heavy atom. The van der Waals surface area contributed by atoms with Crippen LogP contribution in [0.4, 0.5) is 0 Å². The molecule has 0 heterocycles. The average Bonchev–Trinajstić information content (AvgIpc) is 2.18. The van der Waals surface area contributed by atoms with E-state index in [-0.39, 0.29) is 6.10 Å². The fourth-order valence-electron chi connectivity index (χ4n) is 0.812. The van der Waals surface area contributed by atoms with Crippen molar-refractivity contribution in [3.8, 4) is 5.75 Å². The van der Waals surface area contributed by atoms with E-state index >= 15 is 0 Å². The third-order valence-corrected chi connectivity index (χ3v) is 1.40. The Labute approximate surface area is 104 Å². The van der Waals surface area contributed by atoms with Crippen molar-refractivity contribution >= 4 is 23.8 Å². The molecule has 0 aliphatic rings. The lowest BCUT2D eigenvalue weighted by atomic mass is 10.3. The fraction of sp³-hybridized carbons (Fsp3) is 0.273. The van der Waals surface area contributed by atoms with E-state index in [1.165, 1.54) is 0 Å². The molecule has 0 fully saturated rings. The van der Waals surface area contributed by atoms with Gasteiger partial charge in [0.05, 0.1) is 6.10 Å². The Bertz CT molecular complexity index is 370. The van der Waals surface area contributed by atoms with Gasteiger partial charge in [-0.15, -0.1) is 0 Å². The van der Waals surface area contributed by atoms with E-state index in [2.05, 4.69) is 0 Å². The first-order chi connectivity index (χ1) is 8.01. The zero-order valence-electron chi connectivity index (χ0n) is 9.49. The van der Waals surface area contributed by atoms with Crippen LogP contribution in [0.2, 0.25) is 5.02 Å². The van der Waals surface area contributed by atoms with Crippen molar-refractivity contribution in [2.75, 3.05) is 0 Å². The molecule has 0 bridgehead atoms. The zero-order chi connectivity index (χ0) is 13.7. The highest BCUT2D eigenvalue weighted by Gasteiger charge is 1.96. The Morgan fingerprint density at radius 3 is 2.06 bits per heavy atom. The largest absolute Gasteiger partial charge is 0.491 e. The van der Waals surface area contributed by atoms with Crippen LogP contribution >= 0.6 is 11.6 Å². The number of isocyanates is 2. The molecule has 2 N–H and O–H groups in total. The third-order valence-electron chi connectivity index (χ3n) is 1.17. The van der Waals surface area contributed by atoms with E-state index in [1.807, 2.05) is 38.1 Å². The second-order valence-corrected chi connectivity index (χ2v) is 3.26. The van der Waals surface area contributed by atoms with Gasteiger partial charge in [-0.2, -0.15) is 0 Å². The molecule has 0 unspecified atom stereocenters. The quantitative estimate of drug-likeness (QED) is 0.629. The van der Waals surface area contributed by atoms with E-state index in [1.54, 1.807) is 0 Å². The number of hydrogen-bond donors (Lipinski definition) is 2. The molecule has 1 rings (SSSR count). The maximum Gasteiger partial charge on any atom is 0.231 e. The number of rotatable bonds is 2. The van der Waals surface area contributed by atoms with Gasteiger partial charge in [0.1, 0.15) is 5.75 Å². The first-order valence-electron chi connectivity index (χ1n) is 4.51. The summed E-state index contributed by atoms with van der Waals surface area (Å²) < 4.78 is 5.41. The molecule has 1 aromatic carbocycles. The molecule has 0 aromatic heterocycles. The molecule has 0 radical (unpaired) electrons. The maximum atomic E-state index is 8.35. The Kier molecular flexibility index (Phi) is 12.5. The minimum atomic E-state index is 0.202. The molecular weight excluding hydrogens is 244 g/mol. The van der Waals surface area contributed by atoms with E-state index in [0.29, 0.717) is 5.02 Å². The number of carbonyl (C=O) groups excluding carboxylic acids is 2. The summed E-state index contributed by atoms with van der Waals surface area (Å²) in [5.74, 6) is 0.826. The van der Waals surface area contributed by atoms with Crippen molar-refractivity contribution in [3.63, 3.8) is 0 Å². The number of halogens is 1. The molecule has 1 aromatic rings. The minimum Gasteiger partial charge on any atom is -0.491 e. The summed E-state index contributed by atoms with van der Waals surface area (Å²) >= 11 is 5.75. The fourth-order valence-corrected chi connectivity index (χ4v) is 0.993. The van der Waals surface area contributed by atoms with Gasteiger partial charge in [0.2, 0.25) is 12.2 Å². The van der Waals surface area contributed by atoms with Crippen LogP contribution in [0, 0.1) is 10.8 Å². The van der Waals surface area contributed by atoms with Crippen molar-refractivity contribution in [1.82, 2.24) is 0 Å². The molecular formula is C11H13ClN2O3. The zero-order valence-corrected chi connectivity index (χ0v) is 10.2. The number of hydrogen-bond acceptors (Lipinski definition) is 5. The number of benzene rings is 1. The van der Waals surface area contributed by atoms with Gasteiger partial charge in [0.15, 0.2) is 0 Å². The highest BCUT2D eigenvalue weighted by Crippen LogP contribution is 2.17. The maximum absolute atomic E-state index is 8.35. The van der Waals surface area contributed by atoms with Gasteiger partial charge in [0.25, 0.3) is 0 Å². The average molecular weight is 257 g/mol. The first-order valence-corrected chi connectivity index (χ1v) is 4.89. The first kappa shape index (κ1) is 17.5. The van der Waals surface area contributed by atoms with Crippen LogP contribution < -0.4 is 4.74 Å². The van der Waals surface area contributed by atoms with Crippen molar-refractivity contribution in [1.29, 1.82) is 10.8 Å². The van der Waals surface area contributed by atoms with Gasteiger partial charge in [-0.1, -0.05) is 17.7 Å². The van der Waals surface area contributed by atoms with Crippen LogP contribution in [-0.2, 0) is 9.59 Å². The summed E-state index contributed by atoms with van der Waals surface area (Å²) in [6.07, 6.45) is 1.70. The van der Waals surface area contributed by atoms with Crippen molar-refractivity contribution in [3.05, 3.63) is 29.3 Å². The van der Waals surface area contributed by atoms with Gasteiger partial charge in [-0.25, -0.2) is 20.4 Å². The predicted octanol–water partition coefficient (Wildman–Crippen LogP) is 2.93. The van der Waals surface area contributed by atoms with Gasteiger partial charge < -0.3 is 4.74 Å². The Balaban J connectivity index is 0. The lowest BCUT2D eigenvalue weighted by Gasteiger charge is -2.08. The molecule has 0 aliphatic heterocycles. The highest BCUT2D eigenvalue weighted by atomic mass is 35.5. The van der Waals surface area contributed by atoms with Crippen molar-refractivity contribution < 1.29 is 14.3 Å². The van der Waals surface area contributed by atoms with Gasteiger partial charge in [-0.05, 0) is 32.0 Å². The van der Waals surface area contributed by atoms with Gasteiger partial charge in [0, 0.05) is 5.02 Å². The molecule has 0 spiro atoms. The molecule has 0 atom stereocenters.